The van der Waals surface area contributed by atoms with Gasteiger partial charge in [-0.05, 0) is 43.7 Å². The van der Waals surface area contributed by atoms with Crippen molar-refractivity contribution in [1.29, 1.82) is 0 Å². The van der Waals surface area contributed by atoms with E-state index in [-0.39, 0.29) is 30.3 Å². The van der Waals surface area contributed by atoms with Crippen molar-refractivity contribution in [3.05, 3.63) is 30.3 Å². The van der Waals surface area contributed by atoms with Gasteiger partial charge in [0.25, 0.3) is 5.91 Å². The van der Waals surface area contributed by atoms with Crippen molar-refractivity contribution >= 4 is 27.5 Å². The fourth-order valence-corrected chi connectivity index (χ4v) is 4.64. The third-order valence-corrected chi connectivity index (χ3v) is 6.55. The number of carbonyl (C=O) groups is 3. The molecule has 1 fully saturated rings. The number of amides is 1. The number of hydrogen-bond donors (Lipinski definition) is 2. The van der Waals surface area contributed by atoms with Crippen molar-refractivity contribution in [1.82, 2.24) is 10.0 Å². The van der Waals surface area contributed by atoms with E-state index in [2.05, 4.69) is 10.0 Å². The molecule has 0 aliphatic carbocycles. The Balaban J connectivity index is 2.16. The predicted octanol–water partition coefficient (Wildman–Crippen LogP) is 1.84. The maximum atomic E-state index is 13.1. The zero-order valence-corrected chi connectivity index (χ0v) is 18.9. The van der Waals surface area contributed by atoms with Crippen LogP contribution in [0, 0.1) is 11.8 Å². The molecule has 2 unspecified atom stereocenters. The fourth-order valence-electron chi connectivity index (χ4n) is 3.39. The van der Waals surface area contributed by atoms with Crippen LogP contribution in [-0.4, -0.2) is 51.7 Å². The highest BCUT2D eigenvalue weighted by Gasteiger charge is 2.33. The van der Waals surface area contributed by atoms with Crippen molar-refractivity contribution in [3.8, 4) is 0 Å². The van der Waals surface area contributed by atoms with Crippen LogP contribution in [0.4, 0.5) is 0 Å². The van der Waals surface area contributed by atoms with Gasteiger partial charge in [-0.25, -0.2) is 13.1 Å². The Morgan fingerprint density at radius 2 is 1.87 bits per heavy atom. The van der Waals surface area contributed by atoms with Crippen LogP contribution in [0.2, 0.25) is 0 Å². The van der Waals surface area contributed by atoms with E-state index in [1.807, 2.05) is 13.8 Å². The zero-order chi connectivity index (χ0) is 22.9. The van der Waals surface area contributed by atoms with Gasteiger partial charge in [0, 0.05) is 19.6 Å². The molecule has 1 saturated heterocycles. The number of benzene rings is 1. The molecule has 1 amide bonds. The van der Waals surface area contributed by atoms with Crippen molar-refractivity contribution in [2.45, 2.75) is 56.9 Å². The van der Waals surface area contributed by atoms with Gasteiger partial charge in [-0.3, -0.25) is 14.4 Å². The smallest absolute Gasteiger partial charge is 0.287 e. The van der Waals surface area contributed by atoms with Crippen molar-refractivity contribution < 1.29 is 27.5 Å². The number of Topliss-reactive ketones (excluding diaryl/α,β-unsaturated/α-hetero) is 2. The van der Waals surface area contributed by atoms with Crippen LogP contribution >= 0.6 is 0 Å². The first kappa shape index (κ1) is 25.2. The summed E-state index contributed by atoms with van der Waals surface area (Å²) in [5.41, 5.74) is 0. The summed E-state index contributed by atoms with van der Waals surface area (Å²) in [7, 11) is -3.91. The van der Waals surface area contributed by atoms with Gasteiger partial charge < -0.3 is 10.1 Å². The molecule has 172 valence electrons. The second-order valence-corrected chi connectivity index (χ2v) is 9.95. The van der Waals surface area contributed by atoms with Crippen LogP contribution in [-0.2, 0) is 29.1 Å². The molecule has 0 aromatic heterocycles. The Bertz CT molecular complexity index is 854. The molecule has 0 saturated carbocycles. The van der Waals surface area contributed by atoms with Gasteiger partial charge in [0.05, 0.1) is 23.5 Å². The largest absolute Gasteiger partial charge is 0.381 e. The number of nitrogens with one attached hydrogen (secondary N) is 2. The Morgan fingerprint density at radius 3 is 2.55 bits per heavy atom. The van der Waals surface area contributed by atoms with Crippen LogP contribution < -0.4 is 10.0 Å². The summed E-state index contributed by atoms with van der Waals surface area (Å²) in [4.78, 5) is 37.9. The number of carbonyl (C=O) groups excluding carboxylic acids is 3. The van der Waals surface area contributed by atoms with Gasteiger partial charge in [0.15, 0.2) is 5.78 Å². The molecular formula is C22H32N2O6S. The molecule has 9 heteroatoms. The number of ether oxygens (including phenoxy) is 1. The maximum absolute atomic E-state index is 13.1. The lowest BCUT2D eigenvalue weighted by atomic mass is 9.92. The first-order chi connectivity index (χ1) is 14.7. The van der Waals surface area contributed by atoms with E-state index in [4.69, 9.17) is 4.74 Å². The normalized spacial score (nSPS) is 20.0. The maximum Gasteiger partial charge on any atom is 0.287 e. The van der Waals surface area contributed by atoms with E-state index >= 15 is 0 Å². The Hall–Kier alpha value is -2.10. The molecule has 2 atom stereocenters. The van der Waals surface area contributed by atoms with E-state index in [0.717, 1.165) is 19.3 Å². The Morgan fingerprint density at radius 1 is 1.16 bits per heavy atom. The molecule has 1 aliphatic rings. The molecule has 8 nitrogen and oxygen atoms in total. The molecule has 2 N–H and O–H groups in total. The monoisotopic (exact) mass is 452 g/mol. The Kier molecular flexibility index (Phi) is 9.80. The molecule has 1 aromatic rings. The van der Waals surface area contributed by atoms with Gasteiger partial charge in [0.1, 0.15) is 0 Å². The van der Waals surface area contributed by atoms with Gasteiger partial charge in [-0.1, -0.05) is 32.0 Å². The molecular weight excluding hydrogens is 420 g/mol. The topological polar surface area (TPSA) is 119 Å². The molecule has 0 radical (unpaired) electrons. The van der Waals surface area contributed by atoms with E-state index in [0.29, 0.717) is 13.2 Å². The highest BCUT2D eigenvalue weighted by Crippen LogP contribution is 2.17. The van der Waals surface area contributed by atoms with Crippen LogP contribution in [0.5, 0.6) is 0 Å². The van der Waals surface area contributed by atoms with E-state index in [1.165, 1.54) is 12.1 Å². The summed E-state index contributed by atoms with van der Waals surface area (Å²) in [6, 6.07) is 6.81. The van der Waals surface area contributed by atoms with E-state index < -0.39 is 39.5 Å². The summed E-state index contributed by atoms with van der Waals surface area (Å²) < 4.78 is 33.5. The average Bonchev–Trinajstić information content (AvgIpc) is 2.76. The first-order valence-corrected chi connectivity index (χ1v) is 12.2. The van der Waals surface area contributed by atoms with Crippen molar-refractivity contribution in [2.24, 2.45) is 11.8 Å². The number of ketones is 2. The number of hydrogen-bond acceptors (Lipinski definition) is 6. The van der Waals surface area contributed by atoms with E-state index in [9.17, 15) is 22.8 Å². The lowest BCUT2D eigenvalue weighted by Gasteiger charge is -2.22. The highest BCUT2D eigenvalue weighted by atomic mass is 32.2. The molecule has 1 aromatic carbocycles. The molecule has 2 rings (SSSR count). The average molecular weight is 453 g/mol. The summed E-state index contributed by atoms with van der Waals surface area (Å²) >= 11 is 0. The quantitative estimate of drug-likeness (QED) is 0.581. The third kappa shape index (κ3) is 8.16. The summed E-state index contributed by atoms with van der Waals surface area (Å²) in [5.74, 6) is -2.77. The minimum atomic E-state index is -3.91. The SMILES string of the molecule is CC(C)CC(NS(=O)(=O)c1ccccc1)C(=O)CC1COCCCCCNC(=O)C1=O. The molecule has 1 heterocycles. The standard InChI is InChI=1S/C22H32N2O6S/c1-16(2)13-19(24-31(28,29)18-9-5-3-6-10-18)20(25)14-17-15-30-12-8-4-7-11-23-22(27)21(17)26/h3,5-6,9-10,16-17,19,24H,4,7-8,11-15H2,1-2H3,(H,23,27). The van der Waals surface area contributed by atoms with Gasteiger partial charge in [0.2, 0.25) is 15.8 Å². The van der Waals surface area contributed by atoms with Crippen molar-refractivity contribution in [3.63, 3.8) is 0 Å². The summed E-state index contributed by atoms with van der Waals surface area (Å²) in [6.45, 7) is 4.57. The fraction of sp³-hybridized carbons (Fsp3) is 0.591. The highest BCUT2D eigenvalue weighted by molar-refractivity contribution is 7.89. The van der Waals surface area contributed by atoms with Crippen LogP contribution in [0.15, 0.2) is 35.2 Å². The molecule has 1 aliphatic heterocycles. The second kappa shape index (κ2) is 12.1. The minimum absolute atomic E-state index is 0.0373. The Labute approximate surface area is 184 Å². The van der Waals surface area contributed by atoms with Gasteiger partial charge in [-0.15, -0.1) is 0 Å². The number of rotatable bonds is 8. The number of sulfonamides is 1. The van der Waals surface area contributed by atoms with Gasteiger partial charge in [-0.2, -0.15) is 0 Å². The summed E-state index contributed by atoms with van der Waals surface area (Å²) in [5, 5.41) is 2.59. The van der Waals surface area contributed by atoms with Crippen molar-refractivity contribution in [2.75, 3.05) is 19.8 Å². The van der Waals surface area contributed by atoms with Crippen LogP contribution in [0.1, 0.15) is 46.0 Å². The lowest BCUT2D eigenvalue weighted by Crippen LogP contribution is -2.44. The summed E-state index contributed by atoms with van der Waals surface area (Å²) in [6.07, 6.45) is 2.44. The van der Waals surface area contributed by atoms with Crippen LogP contribution in [0.25, 0.3) is 0 Å². The molecule has 0 bridgehead atoms. The zero-order valence-electron chi connectivity index (χ0n) is 18.1. The second-order valence-electron chi connectivity index (χ2n) is 8.24. The molecule has 0 spiro atoms. The molecule has 31 heavy (non-hydrogen) atoms. The first-order valence-electron chi connectivity index (χ1n) is 10.7. The van der Waals surface area contributed by atoms with Crippen LogP contribution in [0.3, 0.4) is 0 Å². The predicted molar refractivity (Wildman–Crippen MR) is 116 cm³/mol. The van der Waals surface area contributed by atoms with E-state index in [1.54, 1.807) is 18.2 Å². The lowest BCUT2D eigenvalue weighted by molar-refractivity contribution is -0.142. The van der Waals surface area contributed by atoms with Gasteiger partial charge >= 0.3 is 0 Å². The minimum Gasteiger partial charge on any atom is -0.381 e. The third-order valence-electron chi connectivity index (χ3n) is 5.06.